The van der Waals surface area contributed by atoms with Crippen LogP contribution < -0.4 is 15.0 Å². The van der Waals surface area contributed by atoms with Crippen molar-refractivity contribution in [3.63, 3.8) is 0 Å². The van der Waals surface area contributed by atoms with Gasteiger partial charge >= 0.3 is 0 Å². The minimum absolute atomic E-state index is 0.122. The summed E-state index contributed by atoms with van der Waals surface area (Å²) in [7, 11) is 1.37. The van der Waals surface area contributed by atoms with Crippen molar-refractivity contribution in [1.29, 1.82) is 0 Å². The van der Waals surface area contributed by atoms with Crippen LogP contribution in [0, 0.1) is 23.3 Å². The second-order valence-corrected chi connectivity index (χ2v) is 6.09. The Hall–Kier alpha value is -2.61. The summed E-state index contributed by atoms with van der Waals surface area (Å²) in [5, 5.41) is 2.27. The van der Waals surface area contributed by atoms with Gasteiger partial charge in [-0.3, -0.25) is 4.79 Å². The smallest absolute Gasteiger partial charge is 0.282 e. The number of benzene rings is 2. The van der Waals surface area contributed by atoms with Gasteiger partial charge in [-0.2, -0.15) is 0 Å². The highest BCUT2D eigenvalue weighted by Gasteiger charge is 2.26. The quantitative estimate of drug-likeness (QED) is 0.569. The highest BCUT2D eigenvalue weighted by atomic mass is 19.2. The molecule has 0 saturated heterocycles. The number of hydrogen-bond donors (Lipinski definition) is 2. The number of halogens is 4. The molecule has 1 unspecified atom stereocenters. The van der Waals surface area contributed by atoms with Gasteiger partial charge in [0.25, 0.3) is 5.91 Å². The third kappa shape index (κ3) is 4.77. The molecule has 0 bridgehead atoms. The number of hydrogen-bond acceptors (Lipinski definition) is 2. The van der Waals surface area contributed by atoms with Crippen LogP contribution in [0.25, 0.3) is 0 Å². The van der Waals surface area contributed by atoms with E-state index in [9.17, 15) is 22.4 Å². The van der Waals surface area contributed by atoms with Gasteiger partial charge in [-0.25, -0.2) is 17.6 Å². The lowest BCUT2D eigenvalue weighted by molar-refractivity contribution is -0.925. The Labute approximate surface area is 154 Å². The van der Waals surface area contributed by atoms with Crippen molar-refractivity contribution in [2.45, 2.75) is 26.4 Å². The van der Waals surface area contributed by atoms with Crippen LogP contribution in [-0.4, -0.2) is 25.6 Å². The number of anilines is 1. The zero-order valence-corrected chi connectivity index (χ0v) is 15.2. The normalized spacial score (nSPS) is 13.1. The fourth-order valence-corrected chi connectivity index (χ4v) is 2.72. The molecule has 1 amide bonds. The van der Waals surface area contributed by atoms with Crippen LogP contribution in [0.4, 0.5) is 23.2 Å². The van der Waals surface area contributed by atoms with Crippen molar-refractivity contribution in [3.05, 3.63) is 59.2 Å². The van der Waals surface area contributed by atoms with Crippen LogP contribution in [0.2, 0.25) is 0 Å². The van der Waals surface area contributed by atoms with Gasteiger partial charge in [0, 0.05) is 5.56 Å². The molecule has 146 valence electrons. The molecule has 8 heteroatoms. The molecule has 2 rings (SSSR count). The predicted octanol–water partition coefficient (Wildman–Crippen LogP) is 2.68. The number of amides is 1. The van der Waals surface area contributed by atoms with Crippen LogP contribution >= 0.6 is 0 Å². The van der Waals surface area contributed by atoms with E-state index in [4.69, 9.17) is 4.74 Å². The van der Waals surface area contributed by atoms with Crippen LogP contribution in [0.1, 0.15) is 19.4 Å². The van der Waals surface area contributed by atoms with Gasteiger partial charge < -0.3 is 15.0 Å². The Morgan fingerprint density at radius 3 is 2.41 bits per heavy atom. The van der Waals surface area contributed by atoms with Crippen LogP contribution in [0.3, 0.4) is 0 Å². The second-order valence-electron chi connectivity index (χ2n) is 6.09. The third-order valence-electron chi connectivity index (χ3n) is 4.40. The van der Waals surface area contributed by atoms with Crippen molar-refractivity contribution >= 4 is 11.6 Å². The van der Waals surface area contributed by atoms with E-state index in [0.29, 0.717) is 18.7 Å². The summed E-state index contributed by atoms with van der Waals surface area (Å²) in [5.41, 5.74) is 0.223. The highest BCUT2D eigenvalue weighted by molar-refractivity contribution is 5.93. The molecule has 0 spiro atoms. The van der Waals surface area contributed by atoms with Gasteiger partial charge in [0.1, 0.15) is 6.54 Å². The lowest BCUT2D eigenvalue weighted by atomic mass is 10.1. The number of methoxy groups -OCH3 is 1. The average molecular weight is 385 g/mol. The zero-order chi connectivity index (χ0) is 20.1. The van der Waals surface area contributed by atoms with E-state index >= 15 is 0 Å². The molecule has 2 aromatic carbocycles. The maximum Gasteiger partial charge on any atom is 0.282 e. The van der Waals surface area contributed by atoms with Crippen molar-refractivity contribution in [2.24, 2.45) is 0 Å². The summed E-state index contributed by atoms with van der Waals surface area (Å²) in [5.74, 6) is -5.38. The monoisotopic (exact) mass is 385 g/mol. The molecular formula is C19H21F4N2O2+. The molecule has 0 heterocycles. The lowest BCUT2D eigenvalue weighted by Crippen LogP contribution is -3.15. The van der Waals surface area contributed by atoms with E-state index in [1.807, 2.05) is 6.92 Å². The van der Waals surface area contributed by atoms with Gasteiger partial charge in [0.05, 0.1) is 19.3 Å². The number of ether oxygens (including phenoxy) is 1. The summed E-state index contributed by atoms with van der Waals surface area (Å²) in [6.45, 7) is 4.33. The molecule has 0 aliphatic heterocycles. The molecule has 0 aliphatic carbocycles. The van der Waals surface area contributed by atoms with E-state index in [1.54, 1.807) is 13.0 Å². The molecule has 0 radical (unpaired) electrons. The summed E-state index contributed by atoms with van der Waals surface area (Å²) in [4.78, 5) is 13.2. The van der Waals surface area contributed by atoms with Crippen molar-refractivity contribution in [3.8, 4) is 5.75 Å². The maximum absolute atomic E-state index is 13.8. The van der Waals surface area contributed by atoms with Gasteiger partial charge in [-0.15, -0.1) is 0 Å². The van der Waals surface area contributed by atoms with E-state index in [1.165, 1.54) is 19.2 Å². The topological polar surface area (TPSA) is 42.8 Å². The Bertz CT molecular complexity index is 830. The largest absolute Gasteiger partial charge is 0.494 e. The number of likely N-dealkylation sites (N-methyl/N-ethyl adjacent to an activating group) is 1. The second kappa shape index (κ2) is 8.85. The first-order valence-electron chi connectivity index (χ1n) is 8.39. The van der Waals surface area contributed by atoms with Crippen molar-refractivity contribution in [1.82, 2.24) is 0 Å². The third-order valence-corrected chi connectivity index (χ3v) is 4.40. The number of carbonyl (C=O) groups excluding carboxylic acids is 1. The summed E-state index contributed by atoms with van der Waals surface area (Å²) >= 11 is 0. The summed E-state index contributed by atoms with van der Waals surface area (Å²) in [6.07, 6.45) is 0. The number of nitrogens with one attached hydrogen (secondary N) is 2. The van der Waals surface area contributed by atoms with E-state index in [2.05, 4.69) is 5.32 Å². The Morgan fingerprint density at radius 1 is 1.11 bits per heavy atom. The molecule has 0 fully saturated rings. The van der Waals surface area contributed by atoms with Gasteiger partial charge in [-0.1, -0.05) is 0 Å². The van der Waals surface area contributed by atoms with Crippen LogP contribution in [-0.2, 0) is 11.3 Å². The molecule has 2 atom stereocenters. The fourth-order valence-electron chi connectivity index (χ4n) is 2.72. The predicted molar refractivity (Wildman–Crippen MR) is 92.6 cm³/mol. The van der Waals surface area contributed by atoms with Gasteiger partial charge in [0.2, 0.25) is 0 Å². The molecule has 2 aromatic rings. The molecule has 2 N–H and O–H groups in total. The number of carbonyl (C=O) groups is 1. The number of rotatable bonds is 7. The number of quaternary nitrogens is 1. The van der Waals surface area contributed by atoms with Gasteiger partial charge in [-0.05, 0) is 44.2 Å². The van der Waals surface area contributed by atoms with Crippen molar-refractivity contribution < 1.29 is 32.0 Å². The Kier molecular flexibility index (Phi) is 6.79. The molecule has 0 aromatic heterocycles. The SMILES string of the molecule is CC[NH+](Cc1ccc(OC)c(F)c1)[C@H](C)C(=O)Nc1ccc(F)c(F)c1F. The summed E-state index contributed by atoms with van der Waals surface area (Å²) < 4.78 is 58.8. The zero-order valence-electron chi connectivity index (χ0n) is 15.2. The molecule has 27 heavy (non-hydrogen) atoms. The lowest BCUT2D eigenvalue weighted by Gasteiger charge is -2.24. The Morgan fingerprint density at radius 2 is 1.81 bits per heavy atom. The first kappa shape index (κ1) is 20.7. The summed E-state index contributed by atoms with van der Waals surface area (Å²) in [6, 6.07) is 5.57. The minimum atomic E-state index is -1.64. The molecule has 0 saturated carbocycles. The van der Waals surface area contributed by atoms with Crippen LogP contribution in [0.15, 0.2) is 30.3 Å². The highest BCUT2D eigenvalue weighted by Crippen LogP contribution is 2.20. The minimum Gasteiger partial charge on any atom is -0.494 e. The molecule has 4 nitrogen and oxygen atoms in total. The average Bonchev–Trinajstić information content (AvgIpc) is 2.66. The van der Waals surface area contributed by atoms with Crippen LogP contribution in [0.5, 0.6) is 5.75 Å². The Balaban J connectivity index is 2.11. The fraction of sp³-hybridized carbons (Fsp3) is 0.316. The van der Waals surface area contributed by atoms with Gasteiger partial charge in [0.15, 0.2) is 35.1 Å². The standard InChI is InChI=1S/C19H20F4N2O2/c1-4-25(10-12-5-8-16(27-3)14(21)9-12)11(2)19(26)24-15-7-6-13(20)17(22)18(15)23/h5-9,11H,4,10H2,1-3H3,(H,24,26)/p+1/t11-/m1/s1. The van der Waals surface area contributed by atoms with E-state index in [-0.39, 0.29) is 5.75 Å². The van der Waals surface area contributed by atoms with Crippen molar-refractivity contribution in [2.75, 3.05) is 19.0 Å². The first-order chi connectivity index (χ1) is 12.8. The molecular weight excluding hydrogens is 364 g/mol. The maximum atomic E-state index is 13.8. The van der Waals surface area contributed by atoms with E-state index < -0.39 is 40.9 Å². The first-order valence-corrected chi connectivity index (χ1v) is 8.39. The van der Waals surface area contributed by atoms with E-state index in [0.717, 1.165) is 17.0 Å². The molecule has 0 aliphatic rings.